The number of esters is 2. The Morgan fingerprint density at radius 1 is 0.523 bits per heavy atom. The van der Waals surface area contributed by atoms with Crippen molar-refractivity contribution in [3.63, 3.8) is 0 Å². The van der Waals surface area contributed by atoms with Crippen molar-refractivity contribution in [2.75, 3.05) is 13.2 Å². The molecule has 0 saturated heterocycles. The zero-order chi connectivity index (χ0) is 32.2. The summed E-state index contributed by atoms with van der Waals surface area (Å²) in [5.41, 5.74) is 0. The molecule has 0 saturated carbocycles. The molecule has 5 heteroatoms. The number of allylic oxidation sites excluding steroid dienone is 10. The van der Waals surface area contributed by atoms with Crippen LogP contribution in [0.15, 0.2) is 60.8 Å². The average molecular weight is 615 g/mol. The minimum atomic E-state index is -0.809. The van der Waals surface area contributed by atoms with Crippen LogP contribution in [0.2, 0.25) is 0 Å². The highest BCUT2D eigenvalue weighted by Crippen LogP contribution is 2.12. The number of carbonyl (C=O) groups excluding carboxylic acids is 2. The predicted molar refractivity (Wildman–Crippen MR) is 187 cm³/mol. The molecule has 0 rings (SSSR count). The van der Waals surface area contributed by atoms with Crippen LogP contribution in [0.1, 0.15) is 155 Å². The summed E-state index contributed by atoms with van der Waals surface area (Å²) >= 11 is 0. The van der Waals surface area contributed by atoms with Gasteiger partial charge in [0.25, 0.3) is 0 Å². The van der Waals surface area contributed by atoms with E-state index in [1.165, 1.54) is 77.0 Å². The summed E-state index contributed by atoms with van der Waals surface area (Å²) in [6.07, 6.45) is 44.3. The van der Waals surface area contributed by atoms with Gasteiger partial charge in [0, 0.05) is 12.8 Å². The van der Waals surface area contributed by atoms with Crippen LogP contribution in [-0.4, -0.2) is 36.4 Å². The molecule has 252 valence electrons. The molecule has 0 amide bonds. The second-order valence-corrected chi connectivity index (χ2v) is 11.6. The van der Waals surface area contributed by atoms with E-state index in [1.54, 1.807) is 0 Å². The van der Waals surface area contributed by atoms with Crippen molar-refractivity contribution in [2.24, 2.45) is 0 Å². The molecule has 0 aromatic carbocycles. The lowest BCUT2D eigenvalue weighted by Crippen LogP contribution is -2.28. The highest BCUT2D eigenvalue weighted by molar-refractivity contribution is 5.70. The molecule has 0 aromatic heterocycles. The molecule has 0 aliphatic rings. The largest absolute Gasteiger partial charge is 0.462 e. The van der Waals surface area contributed by atoms with Crippen LogP contribution in [0.5, 0.6) is 0 Å². The fourth-order valence-electron chi connectivity index (χ4n) is 4.59. The summed E-state index contributed by atoms with van der Waals surface area (Å²) in [5.74, 6) is -0.692. The van der Waals surface area contributed by atoms with Crippen molar-refractivity contribution in [3.05, 3.63) is 60.8 Å². The lowest BCUT2D eigenvalue weighted by molar-refractivity contribution is -0.161. The summed E-state index contributed by atoms with van der Waals surface area (Å²) in [6, 6.07) is 0. The van der Waals surface area contributed by atoms with Crippen molar-refractivity contribution in [2.45, 2.75) is 161 Å². The Labute approximate surface area is 271 Å². The Balaban J connectivity index is 3.74. The molecule has 0 fully saturated rings. The Bertz CT molecular complexity index is 792. The first-order valence-corrected chi connectivity index (χ1v) is 17.8. The van der Waals surface area contributed by atoms with Gasteiger partial charge in [-0.3, -0.25) is 9.59 Å². The summed E-state index contributed by atoms with van der Waals surface area (Å²) in [6.45, 7) is 4.02. The van der Waals surface area contributed by atoms with Crippen LogP contribution < -0.4 is 0 Å². The van der Waals surface area contributed by atoms with Gasteiger partial charge >= 0.3 is 11.9 Å². The third kappa shape index (κ3) is 32.5. The number of hydrogen-bond donors (Lipinski definition) is 1. The number of carbonyl (C=O) groups is 2. The van der Waals surface area contributed by atoms with Gasteiger partial charge in [-0.1, -0.05) is 152 Å². The molecule has 1 atom stereocenters. The first-order valence-electron chi connectivity index (χ1n) is 17.8. The number of rotatable bonds is 31. The maximum atomic E-state index is 12.1. The van der Waals surface area contributed by atoms with Crippen molar-refractivity contribution in [3.8, 4) is 0 Å². The van der Waals surface area contributed by atoms with Gasteiger partial charge in [-0.25, -0.2) is 0 Å². The molecule has 0 heterocycles. The Morgan fingerprint density at radius 3 is 1.45 bits per heavy atom. The van der Waals surface area contributed by atoms with Gasteiger partial charge in [0.05, 0.1) is 6.61 Å². The molecule has 5 nitrogen and oxygen atoms in total. The molecule has 0 aliphatic carbocycles. The molecular weight excluding hydrogens is 548 g/mol. The quantitative estimate of drug-likeness (QED) is 0.0478. The van der Waals surface area contributed by atoms with Gasteiger partial charge in [0.15, 0.2) is 6.10 Å². The van der Waals surface area contributed by atoms with E-state index < -0.39 is 12.1 Å². The zero-order valence-electron chi connectivity index (χ0n) is 28.4. The average Bonchev–Trinajstić information content (AvgIpc) is 3.02. The lowest BCUT2D eigenvalue weighted by atomic mass is 10.1. The maximum Gasteiger partial charge on any atom is 0.306 e. The maximum absolute atomic E-state index is 12.1. The minimum absolute atomic E-state index is 0.0962. The highest BCUT2D eigenvalue weighted by atomic mass is 16.6. The zero-order valence-corrected chi connectivity index (χ0v) is 28.4. The standard InChI is InChI=1S/C39H66O5/c1-3-5-7-9-11-13-15-16-17-18-19-20-21-22-24-26-28-30-32-34-39(42)44-37(35-40)36-43-38(41)33-31-29-27-25-23-14-12-10-8-6-4-2/h11,13,16-17,19-20,22,24,28,30,37,40H,3-10,12,14-15,18,21,23,25-27,29,31-36H2,1-2H3. The molecule has 0 bridgehead atoms. The number of aliphatic hydroxyl groups is 1. The fraction of sp³-hybridized carbons (Fsp3) is 0.692. The topological polar surface area (TPSA) is 72.8 Å². The summed E-state index contributed by atoms with van der Waals surface area (Å²) in [7, 11) is 0. The molecule has 0 aromatic rings. The first-order chi connectivity index (χ1) is 21.6. The van der Waals surface area contributed by atoms with Gasteiger partial charge in [0.2, 0.25) is 0 Å². The van der Waals surface area contributed by atoms with E-state index in [0.717, 1.165) is 44.9 Å². The Morgan fingerprint density at radius 2 is 0.955 bits per heavy atom. The third-order valence-corrected chi connectivity index (χ3v) is 7.33. The molecule has 0 aliphatic heterocycles. The summed E-state index contributed by atoms with van der Waals surface area (Å²) in [4.78, 5) is 24.1. The first kappa shape index (κ1) is 41.6. The van der Waals surface area contributed by atoms with E-state index in [-0.39, 0.29) is 25.6 Å². The number of unbranched alkanes of at least 4 members (excludes halogenated alkanes) is 13. The van der Waals surface area contributed by atoms with E-state index in [9.17, 15) is 14.7 Å². The molecule has 44 heavy (non-hydrogen) atoms. The SMILES string of the molecule is CCCCCC=CCC=CCC=CCC=CCC=CCCC(=O)OC(CO)COC(=O)CCCCCCCCCCCCC. The Hall–Kier alpha value is -2.40. The molecular formula is C39H66O5. The molecule has 1 unspecified atom stereocenters. The Kier molecular flexibility index (Phi) is 33.2. The minimum Gasteiger partial charge on any atom is -0.462 e. The smallest absolute Gasteiger partial charge is 0.306 e. The van der Waals surface area contributed by atoms with Crippen molar-refractivity contribution < 1.29 is 24.2 Å². The van der Waals surface area contributed by atoms with Crippen LogP contribution in [0.3, 0.4) is 0 Å². The van der Waals surface area contributed by atoms with Crippen LogP contribution >= 0.6 is 0 Å². The van der Waals surface area contributed by atoms with Crippen LogP contribution in [0.4, 0.5) is 0 Å². The van der Waals surface area contributed by atoms with Crippen LogP contribution in [0.25, 0.3) is 0 Å². The monoisotopic (exact) mass is 614 g/mol. The van der Waals surface area contributed by atoms with Gasteiger partial charge in [-0.15, -0.1) is 0 Å². The molecule has 1 N–H and O–H groups in total. The van der Waals surface area contributed by atoms with E-state index in [4.69, 9.17) is 9.47 Å². The van der Waals surface area contributed by atoms with Gasteiger partial charge in [0.1, 0.15) is 6.61 Å². The van der Waals surface area contributed by atoms with E-state index in [1.807, 2.05) is 12.2 Å². The lowest BCUT2D eigenvalue weighted by Gasteiger charge is -2.15. The molecule has 0 radical (unpaired) electrons. The second kappa shape index (κ2) is 35.1. The predicted octanol–water partition coefficient (Wildman–Crippen LogP) is 10.8. The van der Waals surface area contributed by atoms with Crippen molar-refractivity contribution in [1.29, 1.82) is 0 Å². The van der Waals surface area contributed by atoms with Crippen molar-refractivity contribution in [1.82, 2.24) is 0 Å². The van der Waals surface area contributed by atoms with Crippen LogP contribution in [0, 0.1) is 0 Å². The van der Waals surface area contributed by atoms with E-state index in [0.29, 0.717) is 12.8 Å². The van der Waals surface area contributed by atoms with Gasteiger partial charge < -0.3 is 14.6 Å². The summed E-state index contributed by atoms with van der Waals surface area (Å²) < 4.78 is 10.5. The number of aliphatic hydroxyl groups excluding tert-OH is 1. The number of hydrogen-bond acceptors (Lipinski definition) is 5. The van der Waals surface area contributed by atoms with Gasteiger partial charge in [-0.05, 0) is 51.4 Å². The normalized spacial score (nSPS) is 12.9. The molecule has 0 spiro atoms. The third-order valence-electron chi connectivity index (χ3n) is 7.33. The van der Waals surface area contributed by atoms with E-state index in [2.05, 4.69) is 62.5 Å². The highest BCUT2D eigenvalue weighted by Gasteiger charge is 2.15. The number of ether oxygens (including phenoxy) is 2. The van der Waals surface area contributed by atoms with E-state index >= 15 is 0 Å². The van der Waals surface area contributed by atoms with Crippen LogP contribution in [-0.2, 0) is 19.1 Å². The van der Waals surface area contributed by atoms with Gasteiger partial charge in [-0.2, -0.15) is 0 Å². The fourth-order valence-corrected chi connectivity index (χ4v) is 4.59. The second-order valence-electron chi connectivity index (χ2n) is 11.6. The van der Waals surface area contributed by atoms with Crippen molar-refractivity contribution >= 4 is 11.9 Å². The summed E-state index contributed by atoms with van der Waals surface area (Å²) in [5, 5.41) is 9.50.